The first-order valence-corrected chi connectivity index (χ1v) is 8.34. The molecule has 0 radical (unpaired) electrons. The maximum absolute atomic E-state index is 13.0. The van der Waals surface area contributed by atoms with Crippen molar-refractivity contribution in [2.45, 2.75) is 51.6 Å². The summed E-state index contributed by atoms with van der Waals surface area (Å²) in [4.78, 5) is 15.1. The molecule has 4 nitrogen and oxygen atoms in total. The molecule has 1 N–H and O–H groups in total. The Kier molecular flexibility index (Phi) is 4.34. The summed E-state index contributed by atoms with van der Waals surface area (Å²) in [5.74, 6) is 0.937. The van der Waals surface area contributed by atoms with Gasteiger partial charge in [-0.2, -0.15) is 0 Å². The number of hydrogen-bond acceptors (Lipinski definition) is 2. The third kappa shape index (κ3) is 3.49. The molecule has 1 aliphatic carbocycles. The quantitative estimate of drug-likeness (QED) is 0.874. The van der Waals surface area contributed by atoms with Gasteiger partial charge < -0.3 is 14.8 Å². The molecule has 0 spiro atoms. The Balaban J connectivity index is 1.73. The van der Waals surface area contributed by atoms with Crippen LogP contribution in [0.1, 0.15) is 56.1 Å². The molecule has 1 amide bonds. The average molecular weight is 289 g/mol. The minimum Gasteiger partial charge on any atom is -0.341 e. The van der Waals surface area contributed by atoms with E-state index in [2.05, 4.69) is 28.6 Å². The molecule has 116 valence electrons. The second kappa shape index (κ2) is 6.22. The summed E-state index contributed by atoms with van der Waals surface area (Å²) in [5, 5.41) is 3.52. The number of amides is 1. The van der Waals surface area contributed by atoms with Crippen LogP contribution < -0.4 is 5.32 Å². The van der Waals surface area contributed by atoms with Crippen LogP contribution in [0.2, 0.25) is 0 Å². The Morgan fingerprint density at radius 1 is 1.38 bits per heavy atom. The molecule has 3 rings (SSSR count). The molecule has 4 heteroatoms. The molecule has 1 aromatic rings. The second-order valence-electron chi connectivity index (χ2n) is 6.84. The van der Waals surface area contributed by atoms with Crippen LogP contribution in [0, 0.1) is 5.92 Å². The fraction of sp³-hybridized carbons (Fsp3) is 0.706. The summed E-state index contributed by atoms with van der Waals surface area (Å²) >= 11 is 0. The van der Waals surface area contributed by atoms with E-state index >= 15 is 0 Å². The minimum absolute atomic E-state index is 0.203. The normalized spacial score (nSPS) is 22.0. The van der Waals surface area contributed by atoms with Crippen molar-refractivity contribution in [3.63, 3.8) is 0 Å². The molecule has 1 unspecified atom stereocenters. The molecule has 1 aromatic heterocycles. The van der Waals surface area contributed by atoms with Gasteiger partial charge in [0.2, 0.25) is 0 Å². The van der Waals surface area contributed by atoms with E-state index < -0.39 is 0 Å². The predicted octanol–water partition coefficient (Wildman–Crippen LogP) is 2.67. The van der Waals surface area contributed by atoms with Gasteiger partial charge in [0.25, 0.3) is 5.91 Å². The van der Waals surface area contributed by atoms with Crippen LogP contribution in [0.25, 0.3) is 0 Å². The summed E-state index contributed by atoms with van der Waals surface area (Å²) in [5.41, 5.74) is 0.837. The van der Waals surface area contributed by atoms with E-state index in [0.29, 0.717) is 12.1 Å². The lowest BCUT2D eigenvalue weighted by Gasteiger charge is -2.27. The van der Waals surface area contributed by atoms with Gasteiger partial charge in [0.1, 0.15) is 5.69 Å². The van der Waals surface area contributed by atoms with Crippen molar-refractivity contribution in [1.82, 2.24) is 14.8 Å². The summed E-state index contributed by atoms with van der Waals surface area (Å²) in [6.45, 7) is 7.14. The third-order valence-corrected chi connectivity index (χ3v) is 4.62. The summed E-state index contributed by atoms with van der Waals surface area (Å²) in [6.07, 6.45) is 7.01. The Morgan fingerprint density at radius 2 is 2.19 bits per heavy atom. The summed E-state index contributed by atoms with van der Waals surface area (Å²) in [7, 11) is 0. The third-order valence-electron chi connectivity index (χ3n) is 4.62. The first-order chi connectivity index (χ1) is 10.1. The molecule has 1 atom stereocenters. The lowest BCUT2D eigenvalue weighted by molar-refractivity contribution is 0.0721. The van der Waals surface area contributed by atoms with Crippen molar-refractivity contribution in [2.24, 2.45) is 5.92 Å². The van der Waals surface area contributed by atoms with Crippen LogP contribution in [-0.4, -0.2) is 41.1 Å². The Hall–Kier alpha value is -1.29. The van der Waals surface area contributed by atoms with Gasteiger partial charge in [-0.1, -0.05) is 0 Å². The van der Waals surface area contributed by atoms with Gasteiger partial charge in [0.05, 0.1) is 0 Å². The SMILES string of the molecule is CC(C)n1cccc1C(=O)N(CC1CC1)CC1CCCN1. The molecule has 2 fully saturated rings. The molecule has 1 aliphatic heterocycles. The Labute approximate surface area is 127 Å². The number of carbonyl (C=O) groups is 1. The number of carbonyl (C=O) groups excluding carboxylic acids is 1. The van der Waals surface area contributed by atoms with E-state index in [4.69, 9.17) is 0 Å². The molecule has 0 bridgehead atoms. The van der Waals surface area contributed by atoms with E-state index in [-0.39, 0.29) is 5.91 Å². The first kappa shape index (κ1) is 14.6. The van der Waals surface area contributed by atoms with Crippen molar-refractivity contribution in [3.05, 3.63) is 24.0 Å². The topological polar surface area (TPSA) is 37.3 Å². The number of aromatic nitrogens is 1. The zero-order chi connectivity index (χ0) is 14.8. The van der Waals surface area contributed by atoms with Crippen molar-refractivity contribution in [1.29, 1.82) is 0 Å². The molecule has 2 aliphatic rings. The maximum atomic E-state index is 13.0. The standard InChI is InChI=1S/C17H27N3O/c1-13(2)20-10-4-6-16(20)17(21)19(11-14-7-8-14)12-15-5-3-9-18-15/h4,6,10,13-15,18H,3,5,7-9,11-12H2,1-2H3. The average Bonchev–Trinajstić information content (AvgIpc) is 2.95. The lowest BCUT2D eigenvalue weighted by Crippen LogP contribution is -2.42. The smallest absolute Gasteiger partial charge is 0.270 e. The minimum atomic E-state index is 0.203. The van der Waals surface area contributed by atoms with Gasteiger partial charge in [-0.25, -0.2) is 0 Å². The number of rotatable bonds is 6. The molecule has 1 saturated heterocycles. The monoisotopic (exact) mass is 289 g/mol. The summed E-state index contributed by atoms with van der Waals surface area (Å²) in [6, 6.07) is 4.75. The molecular weight excluding hydrogens is 262 g/mol. The van der Waals surface area contributed by atoms with E-state index in [0.717, 1.165) is 31.2 Å². The molecule has 21 heavy (non-hydrogen) atoms. The highest BCUT2D eigenvalue weighted by Gasteiger charge is 2.30. The van der Waals surface area contributed by atoms with Gasteiger partial charge >= 0.3 is 0 Å². The lowest BCUT2D eigenvalue weighted by atomic mass is 10.2. The van der Waals surface area contributed by atoms with Crippen LogP contribution in [-0.2, 0) is 0 Å². The molecule has 1 saturated carbocycles. The van der Waals surface area contributed by atoms with Crippen LogP contribution in [0.15, 0.2) is 18.3 Å². The molecule has 0 aromatic carbocycles. The van der Waals surface area contributed by atoms with Crippen LogP contribution in [0.4, 0.5) is 0 Å². The van der Waals surface area contributed by atoms with E-state index in [9.17, 15) is 4.79 Å². The van der Waals surface area contributed by atoms with Gasteiger partial charge in [0, 0.05) is 31.4 Å². The Morgan fingerprint density at radius 3 is 2.81 bits per heavy atom. The first-order valence-electron chi connectivity index (χ1n) is 8.34. The second-order valence-corrected chi connectivity index (χ2v) is 6.84. The van der Waals surface area contributed by atoms with Gasteiger partial charge in [0.15, 0.2) is 0 Å². The van der Waals surface area contributed by atoms with Gasteiger partial charge in [-0.05, 0) is 64.1 Å². The van der Waals surface area contributed by atoms with Crippen molar-refractivity contribution >= 4 is 5.91 Å². The zero-order valence-electron chi connectivity index (χ0n) is 13.2. The van der Waals surface area contributed by atoms with Crippen molar-refractivity contribution in [2.75, 3.05) is 19.6 Å². The number of nitrogens with zero attached hydrogens (tertiary/aromatic N) is 2. The fourth-order valence-electron chi connectivity index (χ4n) is 3.22. The van der Waals surface area contributed by atoms with Crippen LogP contribution in [0.5, 0.6) is 0 Å². The van der Waals surface area contributed by atoms with E-state index in [1.54, 1.807) is 0 Å². The highest BCUT2D eigenvalue weighted by molar-refractivity contribution is 5.93. The van der Waals surface area contributed by atoms with Gasteiger partial charge in [-0.3, -0.25) is 4.79 Å². The highest BCUT2D eigenvalue weighted by atomic mass is 16.2. The van der Waals surface area contributed by atoms with Gasteiger partial charge in [-0.15, -0.1) is 0 Å². The molecular formula is C17H27N3O. The van der Waals surface area contributed by atoms with Crippen LogP contribution >= 0.6 is 0 Å². The summed E-state index contributed by atoms with van der Waals surface area (Å²) < 4.78 is 2.09. The van der Waals surface area contributed by atoms with E-state index in [1.807, 2.05) is 18.3 Å². The van der Waals surface area contributed by atoms with E-state index in [1.165, 1.54) is 25.7 Å². The molecule has 2 heterocycles. The Bertz CT molecular complexity index is 484. The largest absolute Gasteiger partial charge is 0.341 e. The number of hydrogen-bond donors (Lipinski definition) is 1. The highest BCUT2D eigenvalue weighted by Crippen LogP contribution is 2.30. The fourth-order valence-corrected chi connectivity index (χ4v) is 3.22. The predicted molar refractivity (Wildman–Crippen MR) is 84.5 cm³/mol. The zero-order valence-corrected chi connectivity index (χ0v) is 13.2. The van der Waals surface area contributed by atoms with Crippen molar-refractivity contribution < 1.29 is 4.79 Å². The maximum Gasteiger partial charge on any atom is 0.270 e. The van der Waals surface area contributed by atoms with Crippen LogP contribution in [0.3, 0.4) is 0 Å². The number of nitrogens with one attached hydrogen (secondary N) is 1. The van der Waals surface area contributed by atoms with Crippen molar-refractivity contribution in [3.8, 4) is 0 Å².